The van der Waals surface area contributed by atoms with Crippen LogP contribution in [0.15, 0.2) is 71.6 Å². The molecule has 0 saturated heterocycles. The first-order valence-electron chi connectivity index (χ1n) is 12.1. The molecule has 3 aromatic rings. The number of nitrogens with one attached hydrogen (secondary N) is 1. The van der Waals surface area contributed by atoms with Gasteiger partial charge in [0.25, 0.3) is 15.7 Å². The fourth-order valence-electron chi connectivity index (χ4n) is 3.95. The van der Waals surface area contributed by atoms with Gasteiger partial charge in [-0.05, 0) is 55.8 Å². The van der Waals surface area contributed by atoms with Crippen LogP contribution in [0.1, 0.15) is 18.1 Å². The summed E-state index contributed by atoms with van der Waals surface area (Å²) in [5, 5.41) is 14.4. The third-order valence-corrected chi connectivity index (χ3v) is 8.46. The fourth-order valence-corrected chi connectivity index (χ4v) is 5.58. The van der Waals surface area contributed by atoms with Crippen LogP contribution in [0.3, 0.4) is 0 Å². The van der Waals surface area contributed by atoms with Crippen LogP contribution in [0, 0.1) is 17.0 Å². The Hall–Kier alpha value is -4.16. The summed E-state index contributed by atoms with van der Waals surface area (Å²) in [5.74, 6) is -0.711. The van der Waals surface area contributed by atoms with Gasteiger partial charge in [0.2, 0.25) is 11.8 Å². The minimum Gasteiger partial charge on any atom is -0.497 e. The molecule has 0 fully saturated rings. The number of carbonyl (C=O) groups excluding carboxylic acids is 2. The SMILES string of the molecule is CNC(=O)[C@@H](C)N(Cc1ccccc1Cl)C(=O)CN(c1ccc(OC)cc1)S(=O)(=O)c1ccc(C)c([N+](=O)[O-])c1. The molecule has 212 valence electrons. The van der Waals surface area contributed by atoms with E-state index in [0.717, 1.165) is 10.4 Å². The van der Waals surface area contributed by atoms with E-state index < -0.39 is 39.3 Å². The van der Waals surface area contributed by atoms with E-state index in [1.165, 1.54) is 69.3 Å². The molecule has 0 radical (unpaired) electrons. The van der Waals surface area contributed by atoms with Crippen LogP contribution in [0.5, 0.6) is 5.75 Å². The van der Waals surface area contributed by atoms with Crippen molar-refractivity contribution >= 4 is 44.8 Å². The number of ether oxygens (including phenoxy) is 1. The molecule has 40 heavy (non-hydrogen) atoms. The maximum absolute atomic E-state index is 13.9. The molecule has 3 rings (SSSR count). The molecule has 13 heteroatoms. The number of hydrogen-bond acceptors (Lipinski definition) is 7. The van der Waals surface area contributed by atoms with E-state index in [1.54, 1.807) is 24.3 Å². The third-order valence-electron chi connectivity index (χ3n) is 6.32. The number of anilines is 1. The first-order valence-corrected chi connectivity index (χ1v) is 13.9. The zero-order valence-electron chi connectivity index (χ0n) is 22.3. The van der Waals surface area contributed by atoms with Crippen LogP contribution >= 0.6 is 11.6 Å². The molecule has 0 aliphatic heterocycles. The molecular weight excluding hydrogens is 560 g/mol. The Morgan fingerprint density at radius 1 is 1.10 bits per heavy atom. The molecule has 0 unspecified atom stereocenters. The number of nitro groups is 1. The second-order valence-electron chi connectivity index (χ2n) is 8.82. The maximum Gasteiger partial charge on any atom is 0.273 e. The van der Waals surface area contributed by atoms with Crippen molar-refractivity contribution in [1.82, 2.24) is 10.2 Å². The van der Waals surface area contributed by atoms with Gasteiger partial charge in [0.1, 0.15) is 18.3 Å². The lowest BCUT2D eigenvalue weighted by molar-refractivity contribution is -0.385. The van der Waals surface area contributed by atoms with Gasteiger partial charge in [0.15, 0.2) is 0 Å². The van der Waals surface area contributed by atoms with Crippen LogP contribution in [0.25, 0.3) is 0 Å². The number of nitro benzene ring substituents is 1. The van der Waals surface area contributed by atoms with Crippen molar-refractivity contribution in [2.45, 2.75) is 31.3 Å². The Labute approximate surface area is 237 Å². The molecule has 0 bridgehead atoms. The van der Waals surface area contributed by atoms with Crippen molar-refractivity contribution in [1.29, 1.82) is 0 Å². The van der Waals surface area contributed by atoms with Crippen LogP contribution < -0.4 is 14.4 Å². The summed E-state index contributed by atoms with van der Waals surface area (Å²) in [6.07, 6.45) is 0. The Bertz CT molecular complexity index is 1510. The van der Waals surface area contributed by atoms with Gasteiger partial charge in [-0.25, -0.2) is 8.42 Å². The minimum atomic E-state index is -4.49. The number of amides is 2. The Kier molecular flexibility index (Phi) is 9.72. The van der Waals surface area contributed by atoms with Gasteiger partial charge in [0, 0.05) is 30.2 Å². The van der Waals surface area contributed by atoms with Crippen molar-refractivity contribution in [2.24, 2.45) is 0 Å². The summed E-state index contributed by atoms with van der Waals surface area (Å²) in [6, 6.07) is 15.3. The highest BCUT2D eigenvalue weighted by Gasteiger charge is 2.33. The van der Waals surface area contributed by atoms with E-state index in [4.69, 9.17) is 16.3 Å². The molecule has 0 spiro atoms. The maximum atomic E-state index is 13.9. The summed E-state index contributed by atoms with van der Waals surface area (Å²) in [7, 11) is -1.62. The molecule has 1 atom stereocenters. The average molecular weight is 589 g/mol. The number of sulfonamides is 1. The van der Waals surface area contributed by atoms with Gasteiger partial charge in [-0.1, -0.05) is 35.9 Å². The molecule has 0 aromatic heterocycles. The lowest BCUT2D eigenvalue weighted by Gasteiger charge is -2.32. The van der Waals surface area contributed by atoms with Gasteiger partial charge in [-0.3, -0.25) is 24.0 Å². The number of nitrogens with zero attached hydrogens (tertiary/aromatic N) is 3. The number of rotatable bonds is 11. The summed E-state index contributed by atoms with van der Waals surface area (Å²) in [6.45, 7) is 2.23. The monoisotopic (exact) mass is 588 g/mol. The molecular formula is C27H29ClN4O7S. The lowest BCUT2D eigenvalue weighted by Crippen LogP contribution is -2.50. The number of methoxy groups -OCH3 is 1. The van der Waals surface area contributed by atoms with E-state index in [1.807, 2.05) is 0 Å². The largest absolute Gasteiger partial charge is 0.497 e. The topological polar surface area (TPSA) is 139 Å². The van der Waals surface area contributed by atoms with Crippen molar-refractivity contribution in [2.75, 3.05) is 25.0 Å². The molecule has 1 N–H and O–H groups in total. The van der Waals surface area contributed by atoms with Crippen molar-refractivity contribution in [3.8, 4) is 5.75 Å². The zero-order chi connectivity index (χ0) is 29.6. The van der Waals surface area contributed by atoms with Gasteiger partial charge < -0.3 is 15.0 Å². The smallest absolute Gasteiger partial charge is 0.273 e. The van der Waals surface area contributed by atoms with E-state index in [2.05, 4.69) is 5.32 Å². The Balaban J connectivity index is 2.10. The molecule has 0 saturated carbocycles. The Morgan fingerprint density at radius 3 is 2.33 bits per heavy atom. The first kappa shape index (κ1) is 30.4. The molecule has 0 heterocycles. The number of aryl methyl sites for hydroxylation is 1. The van der Waals surface area contributed by atoms with Gasteiger partial charge >= 0.3 is 0 Å². The van der Waals surface area contributed by atoms with E-state index >= 15 is 0 Å². The predicted octanol–water partition coefficient (Wildman–Crippen LogP) is 3.92. The quantitative estimate of drug-likeness (QED) is 0.264. The summed E-state index contributed by atoms with van der Waals surface area (Å²) in [4.78, 5) is 38.1. The number of halogens is 1. The molecule has 2 amide bonds. The fraction of sp³-hybridized carbons (Fsp3) is 0.259. The summed E-state index contributed by atoms with van der Waals surface area (Å²) >= 11 is 6.32. The molecule has 0 aliphatic carbocycles. The van der Waals surface area contributed by atoms with E-state index in [0.29, 0.717) is 16.3 Å². The molecule has 0 aliphatic rings. The van der Waals surface area contributed by atoms with Gasteiger partial charge in [-0.15, -0.1) is 0 Å². The minimum absolute atomic E-state index is 0.0698. The third kappa shape index (κ3) is 6.69. The van der Waals surface area contributed by atoms with E-state index in [-0.39, 0.29) is 28.4 Å². The van der Waals surface area contributed by atoms with E-state index in [9.17, 15) is 28.1 Å². The number of carbonyl (C=O) groups is 2. The van der Waals surface area contributed by atoms with Crippen LogP contribution in [0.2, 0.25) is 5.02 Å². The second kappa shape index (κ2) is 12.8. The number of likely N-dealkylation sites (N-methyl/N-ethyl adjacent to an activating group) is 1. The van der Waals surface area contributed by atoms with Gasteiger partial charge in [0.05, 0.1) is 22.6 Å². The highest BCUT2D eigenvalue weighted by atomic mass is 35.5. The van der Waals surface area contributed by atoms with Gasteiger partial charge in [-0.2, -0.15) is 0 Å². The average Bonchev–Trinajstić information content (AvgIpc) is 2.94. The van der Waals surface area contributed by atoms with Crippen molar-refractivity contribution in [3.05, 3.63) is 93.0 Å². The summed E-state index contributed by atoms with van der Waals surface area (Å²) in [5.41, 5.74) is 0.570. The van der Waals surface area contributed by atoms with Crippen molar-refractivity contribution < 1.29 is 27.7 Å². The normalized spacial score (nSPS) is 11.8. The Morgan fingerprint density at radius 2 is 1.75 bits per heavy atom. The zero-order valence-corrected chi connectivity index (χ0v) is 23.9. The predicted molar refractivity (Wildman–Crippen MR) is 151 cm³/mol. The molecule has 11 nitrogen and oxygen atoms in total. The highest BCUT2D eigenvalue weighted by Crippen LogP contribution is 2.29. The van der Waals surface area contributed by atoms with Crippen LogP contribution in [-0.4, -0.2) is 56.8 Å². The van der Waals surface area contributed by atoms with Crippen molar-refractivity contribution in [3.63, 3.8) is 0 Å². The molecule has 3 aromatic carbocycles. The number of hydrogen-bond donors (Lipinski definition) is 1. The second-order valence-corrected chi connectivity index (χ2v) is 11.1. The highest BCUT2D eigenvalue weighted by molar-refractivity contribution is 7.92. The lowest BCUT2D eigenvalue weighted by atomic mass is 10.1. The first-order chi connectivity index (χ1) is 18.9. The standard InChI is InChI=1S/C27H29ClN4O7S/c1-18-9-14-23(15-25(18)32(35)36)40(37,38)31(21-10-12-22(39-4)13-11-21)17-26(33)30(19(2)27(34)29-3)16-20-7-5-6-8-24(20)28/h5-15,19H,16-17H2,1-4H3,(H,29,34)/t19-/m1/s1. The van der Waals surface area contributed by atoms with Crippen LogP contribution in [0.4, 0.5) is 11.4 Å². The number of benzene rings is 3. The summed E-state index contributed by atoms with van der Waals surface area (Å²) < 4.78 is 33.8. The van der Waals surface area contributed by atoms with Crippen LogP contribution in [-0.2, 0) is 26.2 Å².